The van der Waals surface area contributed by atoms with E-state index in [1.807, 2.05) is 12.3 Å². The Bertz CT molecular complexity index is 891. The molecule has 1 fully saturated rings. The van der Waals surface area contributed by atoms with Crippen molar-refractivity contribution in [2.24, 2.45) is 0 Å². The first-order valence-corrected chi connectivity index (χ1v) is 10.6. The number of hydrogen-bond donors (Lipinski definition) is 0. The number of halogens is 3. The van der Waals surface area contributed by atoms with Gasteiger partial charge in [-0.1, -0.05) is 0 Å². The summed E-state index contributed by atoms with van der Waals surface area (Å²) < 4.78 is 43.6. The number of hydrogen-bond acceptors (Lipinski definition) is 6. The second-order valence-corrected chi connectivity index (χ2v) is 8.37. The molecule has 1 aliphatic rings. The van der Waals surface area contributed by atoms with Crippen LogP contribution in [0.4, 0.5) is 13.2 Å². The van der Waals surface area contributed by atoms with Crippen molar-refractivity contribution in [3.63, 3.8) is 0 Å². The third-order valence-corrected chi connectivity index (χ3v) is 5.58. The predicted molar refractivity (Wildman–Crippen MR) is 107 cm³/mol. The smallest absolute Gasteiger partial charge is 0.370 e. The van der Waals surface area contributed by atoms with E-state index >= 15 is 0 Å². The highest BCUT2D eigenvalue weighted by Gasteiger charge is 2.34. The number of carbonyl (C=O) groups is 2. The third-order valence-electron chi connectivity index (χ3n) is 4.76. The van der Waals surface area contributed by atoms with Gasteiger partial charge in [-0.3, -0.25) is 14.6 Å². The Morgan fingerprint density at radius 3 is 2.68 bits per heavy atom. The molecular weight excluding hydrogens is 433 g/mol. The average molecular weight is 456 g/mol. The summed E-state index contributed by atoms with van der Waals surface area (Å²) in [5.74, 6) is -1.06. The largest absolute Gasteiger partial charge is 0.389 e. The Morgan fingerprint density at radius 2 is 2.03 bits per heavy atom. The second-order valence-electron chi connectivity index (χ2n) is 7.31. The van der Waals surface area contributed by atoms with Crippen LogP contribution in [0.25, 0.3) is 0 Å². The van der Waals surface area contributed by atoms with Gasteiger partial charge in [0, 0.05) is 37.3 Å². The monoisotopic (exact) mass is 456 g/mol. The summed E-state index contributed by atoms with van der Waals surface area (Å²) in [6.45, 7) is 2.32. The van der Waals surface area contributed by atoms with Gasteiger partial charge in [0.1, 0.15) is 0 Å². The second kappa shape index (κ2) is 10.2. The topological polar surface area (TPSA) is 75.6 Å². The van der Waals surface area contributed by atoms with Crippen LogP contribution in [-0.2, 0) is 27.5 Å². The van der Waals surface area contributed by atoms with Crippen molar-refractivity contribution in [1.82, 2.24) is 19.8 Å². The van der Waals surface area contributed by atoms with E-state index in [-0.39, 0.29) is 38.7 Å². The molecule has 0 radical (unpaired) electrons. The highest BCUT2D eigenvalue weighted by molar-refractivity contribution is 7.09. The zero-order valence-corrected chi connectivity index (χ0v) is 17.8. The van der Waals surface area contributed by atoms with Crippen molar-refractivity contribution in [1.29, 1.82) is 0 Å². The van der Waals surface area contributed by atoms with Crippen molar-refractivity contribution in [3.05, 3.63) is 46.2 Å². The number of amides is 2. The first-order valence-electron chi connectivity index (χ1n) is 9.73. The molecule has 0 N–H and O–H groups in total. The molecule has 1 saturated heterocycles. The van der Waals surface area contributed by atoms with Crippen molar-refractivity contribution in [2.75, 3.05) is 19.6 Å². The number of pyridine rings is 1. The maximum absolute atomic E-state index is 12.8. The minimum atomic E-state index is -4.43. The number of thiazole rings is 1. The summed E-state index contributed by atoms with van der Waals surface area (Å²) in [4.78, 5) is 36.2. The lowest BCUT2D eigenvalue weighted by molar-refractivity contribution is -0.150. The van der Waals surface area contributed by atoms with Gasteiger partial charge < -0.3 is 14.5 Å². The third kappa shape index (κ3) is 7.28. The van der Waals surface area contributed by atoms with Crippen LogP contribution in [0.3, 0.4) is 0 Å². The standard InChI is InChI=1S/C20H23F3N4O3S/c1-14-25-16(13-31-14)8-26-9-17(30-12-15-3-6-24-7-4-15)10-27(11-19(26)29)18(28)2-5-20(21,22)23/h3-4,6-7,13,17H,2,5,8-12H2,1H3/t17-/m0/s1. The molecule has 0 aromatic carbocycles. The molecule has 3 heterocycles. The summed E-state index contributed by atoms with van der Waals surface area (Å²) in [7, 11) is 0. The predicted octanol–water partition coefficient (Wildman–Crippen LogP) is 2.95. The molecule has 3 rings (SSSR count). The maximum Gasteiger partial charge on any atom is 0.389 e. The van der Waals surface area contributed by atoms with Gasteiger partial charge >= 0.3 is 6.18 Å². The molecule has 31 heavy (non-hydrogen) atoms. The summed E-state index contributed by atoms with van der Waals surface area (Å²) in [6, 6.07) is 3.56. The molecular formula is C20H23F3N4O3S. The van der Waals surface area contributed by atoms with Crippen LogP contribution >= 0.6 is 11.3 Å². The summed E-state index contributed by atoms with van der Waals surface area (Å²) in [6.07, 6.45) is -3.65. The summed E-state index contributed by atoms with van der Waals surface area (Å²) in [5, 5.41) is 2.72. The van der Waals surface area contributed by atoms with E-state index in [9.17, 15) is 22.8 Å². The number of nitrogens with zero attached hydrogens (tertiary/aromatic N) is 4. The van der Waals surface area contributed by atoms with Gasteiger partial charge in [0.2, 0.25) is 11.8 Å². The number of alkyl halides is 3. The van der Waals surface area contributed by atoms with Gasteiger partial charge in [0.05, 0.1) is 42.9 Å². The minimum Gasteiger partial charge on any atom is -0.370 e. The van der Waals surface area contributed by atoms with Crippen LogP contribution in [0.1, 0.15) is 29.1 Å². The zero-order chi connectivity index (χ0) is 22.4. The number of aryl methyl sites for hydroxylation is 1. The SMILES string of the molecule is Cc1nc(CN2C[C@H](OCc3ccncc3)CN(C(=O)CCC(F)(F)F)CC2=O)cs1. The fourth-order valence-electron chi connectivity index (χ4n) is 3.20. The first kappa shape index (κ1) is 23.1. The quantitative estimate of drug-likeness (QED) is 0.641. The van der Waals surface area contributed by atoms with Gasteiger partial charge in [-0.25, -0.2) is 4.98 Å². The van der Waals surface area contributed by atoms with E-state index in [0.29, 0.717) is 0 Å². The van der Waals surface area contributed by atoms with Gasteiger partial charge in [-0.05, 0) is 24.6 Å². The van der Waals surface area contributed by atoms with E-state index < -0.39 is 31.0 Å². The molecule has 0 saturated carbocycles. The Morgan fingerprint density at radius 1 is 1.29 bits per heavy atom. The molecule has 2 aromatic heterocycles. The Balaban J connectivity index is 1.71. The van der Waals surface area contributed by atoms with E-state index in [4.69, 9.17) is 4.74 Å². The highest BCUT2D eigenvalue weighted by atomic mass is 32.1. The molecule has 1 aliphatic heterocycles. The van der Waals surface area contributed by atoms with E-state index in [1.54, 1.807) is 29.4 Å². The molecule has 0 unspecified atom stereocenters. The lowest BCUT2D eigenvalue weighted by Gasteiger charge is -2.24. The number of ether oxygens (including phenoxy) is 1. The van der Waals surface area contributed by atoms with Crippen LogP contribution in [-0.4, -0.2) is 63.5 Å². The lowest BCUT2D eigenvalue weighted by atomic mass is 10.2. The number of rotatable bonds is 7. The number of carbonyl (C=O) groups excluding carboxylic acids is 2. The molecule has 0 aliphatic carbocycles. The van der Waals surface area contributed by atoms with Crippen molar-refractivity contribution in [3.8, 4) is 0 Å². The lowest BCUT2D eigenvalue weighted by Crippen LogP contribution is -2.40. The minimum absolute atomic E-state index is 0.0418. The zero-order valence-electron chi connectivity index (χ0n) is 17.0. The maximum atomic E-state index is 12.8. The number of aromatic nitrogens is 2. The molecule has 2 amide bonds. The van der Waals surface area contributed by atoms with E-state index in [2.05, 4.69) is 9.97 Å². The van der Waals surface area contributed by atoms with Gasteiger partial charge in [-0.15, -0.1) is 11.3 Å². The Hall–Kier alpha value is -2.53. The van der Waals surface area contributed by atoms with Gasteiger partial charge in [-0.2, -0.15) is 13.2 Å². The van der Waals surface area contributed by atoms with Crippen LogP contribution in [0.5, 0.6) is 0 Å². The van der Waals surface area contributed by atoms with E-state index in [1.165, 1.54) is 11.3 Å². The van der Waals surface area contributed by atoms with E-state index in [0.717, 1.165) is 21.2 Å². The van der Waals surface area contributed by atoms with Crippen LogP contribution in [0, 0.1) is 6.92 Å². The molecule has 0 bridgehead atoms. The average Bonchev–Trinajstić information content (AvgIpc) is 3.06. The fraction of sp³-hybridized carbons (Fsp3) is 0.500. The molecule has 0 spiro atoms. The fourth-order valence-corrected chi connectivity index (χ4v) is 3.81. The summed E-state index contributed by atoms with van der Waals surface area (Å²) in [5.41, 5.74) is 1.59. The first-order chi connectivity index (χ1) is 14.7. The van der Waals surface area contributed by atoms with Gasteiger partial charge in [0.15, 0.2) is 0 Å². The molecule has 11 heteroatoms. The molecule has 1 atom stereocenters. The summed E-state index contributed by atoms with van der Waals surface area (Å²) >= 11 is 1.46. The van der Waals surface area contributed by atoms with Gasteiger partial charge in [0.25, 0.3) is 0 Å². The van der Waals surface area contributed by atoms with Crippen molar-refractivity contribution < 1.29 is 27.5 Å². The van der Waals surface area contributed by atoms with Crippen LogP contribution in [0.15, 0.2) is 29.9 Å². The molecule has 7 nitrogen and oxygen atoms in total. The Labute approximate surface area is 181 Å². The van der Waals surface area contributed by atoms with Crippen molar-refractivity contribution >= 4 is 23.2 Å². The highest BCUT2D eigenvalue weighted by Crippen LogP contribution is 2.23. The molecule has 168 valence electrons. The van der Waals surface area contributed by atoms with Crippen LogP contribution < -0.4 is 0 Å². The molecule has 2 aromatic rings. The normalized spacial score (nSPS) is 17.7. The van der Waals surface area contributed by atoms with Crippen molar-refractivity contribution in [2.45, 2.75) is 45.2 Å². The Kier molecular flexibility index (Phi) is 7.60. The van der Waals surface area contributed by atoms with Crippen LogP contribution in [0.2, 0.25) is 0 Å².